The van der Waals surface area contributed by atoms with Gasteiger partial charge in [0, 0.05) is 12.8 Å². The van der Waals surface area contributed by atoms with E-state index in [0.717, 1.165) is 0 Å². The van der Waals surface area contributed by atoms with E-state index in [-0.39, 0.29) is 11.5 Å². The zero-order valence-corrected chi connectivity index (χ0v) is 11.8. The zero-order valence-electron chi connectivity index (χ0n) is 11.0. The molecule has 0 aromatic heterocycles. The molecule has 0 rings (SSSR count). The van der Waals surface area contributed by atoms with Gasteiger partial charge in [0.05, 0.1) is 12.1 Å². The van der Waals surface area contributed by atoms with Gasteiger partial charge < -0.3 is 4.74 Å². The summed E-state index contributed by atoms with van der Waals surface area (Å²) in [5.41, 5.74) is -2.41. The van der Waals surface area contributed by atoms with E-state index in [1.165, 1.54) is 0 Å². The second-order valence-corrected chi connectivity index (χ2v) is 5.64. The highest BCUT2D eigenvalue weighted by Gasteiger charge is 2.38. The van der Waals surface area contributed by atoms with Gasteiger partial charge in [-0.3, -0.25) is 0 Å². The highest BCUT2D eigenvalue weighted by atomic mass is 32.1. The number of ether oxygens (including phenoxy) is 1. The molecular formula is C12H15F3N2OS. The highest BCUT2D eigenvalue weighted by Crippen LogP contribution is 2.33. The fraction of sp³-hybridized carbons (Fsp3) is 0.750. The Hall–Kier alpha value is -1.34. The minimum Gasteiger partial charge on any atom is -0.482 e. The summed E-state index contributed by atoms with van der Waals surface area (Å²) in [6.07, 6.45) is -6.53. The Kier molecular flexibility index (Phi) is 5.77. The topological polar surface area (TPSA) is 56.8 Å². The molecule has 0 saturated heterocycles. The second-order valence-electron chi connectivity index (χ2n) is 5.18. The van der Waals surface area contributed by atoms with Crippen LogP contribution in [0.4, 0.5) is 13.2 Å². The molecular weight excluding hydrogens is 277 g/mol. The smallest absolute Gasteiger partial charge is 0.389 e. The molecule has 0 fully saturated rings. The van der Waals surface area contributed by atoms with Gasteiger partial charge in [-0.15, -0.1) is 0 Å². The van der Waals surface area contributed by atoms with Crippen molar-refractivity contribution in [3.05, 3.63) is 0 Å². The van der Waals surface area contributed by atoms with Crippen molar-refractivity contribution in [1.82, 2.24) is 0 Å². The molecule has 0 bridgehead atoms. The number of nitriles is 2. The number of rotatable bonds is 4. The number of hydrogen-bond acceptors (Lipinski definition) is 4. The van der Waals surface area contributed by atoms with Crippen molar-refractivity contribution in [1.29, 1.82) is 10.5 Å². The Morgan fingerprint density at radius 2 is 1.58 bits per heavy atom. The molecule has 0 aromatic rings. The summed E-state index contributed by atoms with van der Waals surface area (Å²) in [6, 6.07) is 3.25. The van der Waals surface area contributed by atoms with Crippen molar-refractivity contribution in [3.8, 4) is 12.1 Å². The largest absolute Gasteiger partial charge is 0.482 e. The van der Waals surface area contributed by atoms with Crippen molar-refractivity contribution in [2.75, 3.05) is 0 Å². The lowest BCUT2D eigenvalue weighted by Crippen LogP contribution is -2.29. The number of alkyl halides is 3. The fourth-order valence-corrected chi connectivity index (χ4v) is 1.78. The van der Waals surface area contributed by atoms with Crippen LogP contribution >= 0.6 is 12.2 Å². The molecule has 0 aliphatic heterocycles. The molecule has 0 amide bonds. The van der Waals surface area contributed by atoms with E-state index in [0.29, 0.717) is 0 Å². The lowest BCUT2D eigenvalue weighted by Gasteiger charge is -2.25. The van der Waals surface area contributed by atoms with Crippen LogP contribution in [0.15, 0.2) is 0 Å². The van der Waals surface area contributed by atoms with Crippen molar-refractivity contribution >= 4 is 17.3 Å². The Bertz CT molecular complexity index is 399. The molecule has 0 aromatic carbocycles. The first-order valence-corrected chi connectivity index (χ1v) is 5.95. The van der Waals surface area contributed by atoms with E-state index in [1.54, 1.807) is 32.9 Å². The Morgan fingerprint density at radius 3 is 1.89 bits per heavy atom. The summed E-state index contributed by atoms with van der Waals surface area (Å²) in [4.78, 5) is 0. The number of nitrogens with zero attached hydrogens (tertiary/aromatic N) is 2. The number of hydrogen-bond donors (Lipinski definition) is 0. The summed E-state index contributed by atoms with van der Waals surface area (Å²) >= 11 is 4.88. The van der Waals surface area contributed by atoms with Crippen LogP contribution in [0.25, 0.3) is 0 Å². The SMILES string of the molecule is CC(C)(C)OC(=S)CC(C#N)(C#N)CCC(F)(F)F. The lowest BCUT2D eigenvalue weighted by atomic mass is 9.83. The predicted octanol–water partition coefficient (Wildman–Crippen LogP) is 3.90. The van der Waals surface area contributed by atoms with Crippen LogP contribution in [0.1, 0.15) is 40.0 Å². The van der Waals surface area contributed by atoms with E-state index < -0.39 is 30.0 Å². The maximum absolute atomic E-state index is 12.2. The van der Waals surface area contributed by atoms with Gasteiger partial charge >= 0.3 is 6.18 Å². The van der Waals surface area contributed by atoms with Gasteiger partial charge in [0.15, 0.2) is 10.5 Å². The van der Waals surface area contributed by atoms with Gasteiger partial charge in [-0.2, -0.15) is 23.7 Å². The van der Waals surface area contributed by atoms with Crippen LogP contribution in [0.3, 0.4) is 0 Å². The first-order chi connectivity index (χ1) is 8.43. The van der Waals surface area contributed by atoms with E-state index in [2.05, 4.69) is 0 Å². The monoisotopic (exact) mass is 292 g/mol. The molecule has 0 N–H and O–H groups in total. The molecule has 0 unspecified atom stereocenters. The number of thiocarbonyl (C=S) groups is 1. The predicted molar refractivity (Wildman–Crippen MR) is 67.0 cm³/mol. The minimum atomic E-state index is -4.41. The normalized spacial score (nSPS) is 12.4. The lowest BCUT2D eigenvalue weighted by molar-refractivity contribution is -0.138. The number of halogens is 3. The first kappa shape index (κ1) is 17.7. The van der Waals surface area contributed by atoms with Gasteiger partial charge in [-0.1, -0.05) is 0 Å². The highest BCUT2D eigenvalue weighted by molar-refractivity contribution is 7.80. The molecule has 0 radical (unpaired) electrons. The average Bonchev–Trinajstić information content (AvgIpc) is 2.20. The maximum atomic E-state index is 12.2. The molecule has 3 nitrogen and oxygen atoms in total. The van der Waals surface area contributed by atoms with Gasteiger partial charge in [0.2, 0.25) is 0 Å². The van der Waals surface area contributed by atoms with Crippen molar-refractivity contribution < 1.29 is 17.9 Å². The zero-order chi connectivity index (χ0) is 15.3. The van der Waals surface area contributed by atoms with Crippen LogP contribution in [0, 0.1) is 28.1 Å². The van der Waals surface area contributed by atoms with Crippen LogP contribution in [0.2, 0.25) is 0 Å². The average molecular weight is 292 g/mol. The molecule has 0 saturated carbocycles. The Balaban J connectivity index is 4.80. The summed E-state index contributed by atoms with van der Waals surface area (Å²) in [5, 5.41) is 17.9. The van der Waals surface area contributed by atoms with Gasteiger partial charge in [0.1, 0.15) is 5.60 Å². The fourth-order valence-electron chi connectivity index (χ4n) is 1.28. The summed E-state index contributed by atoms with van der Waals surface area (Å²) in [5.74, 6) is 0. The molecule has 106 valence electrons. The second kappa shape index (κ2) is 6.21. The first-order valence-electron chi connectivity index (χ1n) is 5.54. The molecule has 7 heteroatoms. The van der Waals surface area contributed by atoms with Crippen LogP contribution in [0.5, 0.6) is 0 Å². The molecule has 19 heavy (non-hydrogen) atoms. The van der Waals surface area contributed by atoms with Gasteiger partial charge in [-0.25, -0.2) is 0 Å². The van der Waals surface area contributed by atoms with Crippen LogP contribution < -0.4 is 0 Å². The van der Waals surface area contributed by atoms with Gasteiger partial charge in [-0.05, 0) is 39.4 Å². The third-order valence-corrected chi connectivity index (χ3v) is 2.36. The van der Waals surface area contributed by atoms with E-state index >= 15 is 0 Å². The minimum absolute atomic E-state index is 0.0298. The molecule has 0 spiro atoms. The summed E-state index contributed by atoms with van der Waals surface area (Å²) in [6.45, 7) is 5.15. The molecule has 0 aliphatic carbocycles. The van der Waals surface area contributed by atoms with Crippen molar-refractivity contribution in [2.45, 2.75) is 51.8 Å². The Labute approximate surface area is 116 Å². The molecule has 0 aliphatic rings. The van der Waals surface area contributed by atoms with E-state index in [4.69, 9.17) is 27.5 Å². The van der Waals surface area contributed by atoms with Crippen LogP contribution in [-0.2, 0) is 4.74 Å². The summed E-state index contributed by atoms with van der Waals surface area (Å²) in [7, 11) is 0. The van der Waals surface area contributed by atoms with E-state index in [9.17, 15) is 13.2 Å². The molecule has 0 heterocycles. The Morgan fingerprint density at radius 1 is 1.11 bits per heavy atom. The van der Waals surface area contributed by atoms with Crippen molar-refractivity contribution in [3.63, 3.8) is 0 Å². The summed E-state index contributed by atoms with van der Waals surface area (Å²) < 4.78 is 41.8. The maximum Gasteiger partial charge on any atom is 0.389 e. The third-order valence-electron chi connectivity index (χ3n) is 2.13. The van der Waals surface area contributed by atoms with Crippen molar-refractivity contribution in [2.24, 2.45) is 5.41 Å². The molecule has 0 atom stereocenters. The van der Waals surface area contributed by atoms with E-state index in [1.807, 2.05) is 0 Å². The quantitative estimate of drug-likeness (QED) is 0.737. The standard InChI is InChI=1S/C12H15F3N2OS/c1-10(2,3)18-9(19)6-11(7-16,8-17)4-5-12(13,14)15/h4-6H2,1-3H3. The van der Waals surface area contributed by atoms with Crippen LogP contribution in [-0.4, -0.2) is 16.8 Å². The van der Waals surface area contributed by atoms with Gasteiger partial charge in [0.25, 0.3) is 0 Å². The third kappa shape index (κ3) is 7.63.